The van der Waals surface area contributed by atoms with Crippen LogP contribution in [-0.4, -0.2) is 85.9 Å². The molecule has 0 saturated heterocycles. The highest BCUT2D eigenvalue weighted by atomic mass is 32.2. The number of imidazole rings is 2. The summed E-state index contributed by atoms with van der Waals surface area (Å²) < 4.78 is 67.7. The molecule has 0 bridgehead atoms. The number of hydrazine groups is 4. The Morgan fingerprint density at radius 2 is 1.04 bits per heavy atom. The number of aryl methyl sites for hydroxylation is 2. The summed E-state index contributed by atoms with van der Waals surface area (Å²) in [6.07, 6.45) is 9.00. The number of ether oxygens (including phenoxy) is 2. The molecule has 2 aliphatic rings. The fraction of sp³-hybridized carbons (Fsp3) is 0.327. The molecule has 0 fully saturated rings. The largest absolute Gasteiger partial charge is 0.492 e. The van der Waals surface area contributed by atoms with Gasteiger partial charge in [-0.05, 0) is 102 Å². The van der Waals surface area contributed by atoms with Crippen LogP contribution >= 0.6 is 0 Å². The number of aliphatic hydroxyl groups excluding tert-OH is 1. The van der Waals surface area contributed by atoms with Crippen LogP contribution in [0.25, 0.3) is 11.4 Å². The molecule has 1 atom stereocenters. The molecule has 0 spiro atoms. The SMILES string of the molecule is COc1c(NC(=O)c2ccc(C)c(N3C=C(c4cnc(C(C)O)n4C)NN3)c2)cc(C(C)(C)C)cc1NS(C)(=O)=O.COc1c(NC(=O)c2ccc(C)c(N3C=C(c4cnc(C=O)n4C)NN3)c2)cc(C(C)(C)C)cc1NS(C)(=O)=O. The van der Waals surface area contributed by atoms with E-state index in [4.69, 9.17) is 9.47 Å². The summed E-state index contributed by atoms with van der Waals surface area (Å²) in [5.74, 6) is 0.432. The van der Waals surface area contributed by atoms with E-state index in [0.29, 0.717) is 57.5 Å². The first kappa shape index (κ1) is 60.2. The highest BCUT2D eigenvalue weighted by Gasteiger charge is 2.27. The highest BCUT2D eigenvalue weighted by Crippen LogP contribution is 2.41. The minimum absolute atomic E-state index is 0.197. The fourth-order valence-electron chi connectivity index (χ4n) is 8.70. The first-order valence-electron chi connectivity index (χ1n) is 25.3. The Hall–Kier alpha value is -8.43. The van der Waals surface area contributed by atoms with Gasteiger partial charge in [0.25, 0.3) is 11.8 Å². The van der Waals surface area contributed by atoms with Crippen molar-refractivity contribution in [3.8, 4) is 11.5 Å². The van der Waals surface area contributed by atoms with E-state index in [2.05, 4.69) is 52.0 Å². The van der Waals surface area contributed by atoms with Gasteiger partial charge in [-0.25, -0.2) is 26.8 Å². The lowest BCUT2D eigenvalue weighted by molar-refractivity contribution is 0.101. The van der Waals surface area contributed by atoms with Crippen LogP contribution in [0.5, 0.6) is 11.5 Å². The summed E-state index contributed by atoms with van der Waals surface area (Å²) >= 11 is 0. The summed E-state index contributed by atoms with van der Waals surface area (Å²) in [6, 6.07) is 17.5. The Labute approximate surface area is 472 Å². The zero-order valence-electron chi connectivity index (χ0n) is 47.9. The number of aromatic nitrogens is 4. The van der Waals surface area contributed by atoms with Crippen LogP contribution in [-0.2, 0) is 45.0 Å². The monoisotopic (exact) mass is 1150 g/mol. The number of sulfonamides is 2. The summed E-state index contributed by atoms with van der Waals surface area (Å²) in [7, 11) is -0.811. The zero-order valence-corrected chi connectivity index (χ0v) is 49.5. The van der Waals surface area contributed by atoms with Gasteiger partial charge < -0.3 is 34.3 Å². The number of nitrogens with one attached hydrogen (secondary N) is 8. The van der Waals surface area contributed by atoms with E-state index in [9.17, 15) is 36.3 Å². The van der Waals surface area contributed by atoms with Gasteiger partial charge >= 0.3 is 0 Å². The molecule has 2 aromatic heterocycles. The summed E-state index contributed by atoms with van der Waals surface area (Å²) in [6.45, 7) is 17.4. The van der Waals surface area contributed by atoms with E-state index >= 15 is 0 Å². The maximum atomic E-state index is 13.5. The third kappa shape index (κ3) is 14.0. The lowest BCUT2D eigenvalue weighted by Gasteiger charge is -2.24. The number of carbonyl (C=O) groups excluding carboxylic acids is 3. The normalized spacial score (nSPS) is 13.9. The van der Waals surface area contributed by atoms with Crippen molar-refractivity contribution >= 4 is 83.7 Å². The first-order valence-corrected chi connectivity index (χ1v) is 29.1. The van der Waals surface area contributed by atoms with Crippen LogP contribution in [0.3, 0.4) is 0 Å². The lowest BCUT2D eigenvalue weighted by Crippen LogP contribution is -2.36. The number of hydrogen-bond donors (Lipinski definition) is 9. The number of hydrogen-bond acceptors (Lipinski definition) is 18. The maximum absolute atomic E-state index is 13.5. The number of aldehydes is 1. The molecular formula is C55H70N14O10S2. The van der Waals surface area contributed by atoms with E-state index in [1.165, 1.54) is 14.2 Å². The zero-order chi connectivity index (χ0) is 59.7. The van der Waals surface area contributed by atoms with Crippen molar-refractivity contribution in [2.24, 2.45) is 14.1 Å². The van der Waals surface area contributed by atoms with Crippen LogP contribution in [0.1, 0.15) is 125 Å². The van der Waals surface area contributed by atoms with Crippen molar-refractivity contribution in [3.05, 3.63) is 142 Å². The number of amides is 2. The predicted molar refractivity (Wildman–Crippen MR) is 314 cm³/mol. The minimum atomic E-state index is -3.61. The second-order valence-electron chi connectivity index (χ2n) is 21.6. The van der Waals surface area contributed by atoms with E-state index in [1.54, 1.807) is 100 Å². The van der Waals surface area contributed by atoms with Crippen molar-refractivity contribution in [1.82, 2.24) is 41.0 Å². The molecule has 0 aliphatic carbocycles. The Balaban J connectivity index is 0.000000234. The number of anilines is 6. The fourth-order valence-corrected chi connectivity index (χ4v) is 9.81. The Morgan fingerprint density at radius 1 is 0.642 bits per heavy atom. The molecule has 8 rings (SSSR count). The molecule has 26 heteroatoms. The molecule has 2 amide bonds. The number of carbonyl (C=O) groups is 3. The van der Waals surface area contributed by atoms with Gasteiger partial charge in [-0.15, -0.1) is 11.1 Å². The molecule has 81 heavy (non-hydrogen) atoms. The van der Waals surface area contributed by atoms with Gasteiger partial charge in [-0.1, -0.05) is 53.7 Å². The number of aliphatic hydroxyl groups is 1. The third-order valence-corrected chi connectivity index (χ3v) is 14.3. The number of benzene rings is 4. The molecule has 6 aromatic rings. The summed E-state index contributed by atoms with van der Waals surface area (Å²) in [4.78, 5) is 46.5. The Morgan fingerprint density at radius 3 is 1.38 bits per heavy atom. The smallest absolute Gasteiger partial charge is 0.255 e. The Bertz CT molecular complexity index is 3720. The minimum Gasteiger partial charge on any atom is -0.492 e. The van der Waals surface area contributed by atoms with Gasteiger partial charge in [-0.3, -0.25) is 44.7 Å². The first-order chi connectivity index (χ1) is 37.8. The topological polar surface area (TPSA) is 297 Å². The van der Waals surface area contributed by atoms with Crippen molar-refractivity contribution < 1.29 is 45.8 Å². The van der Waals surface area contributed by atoms with Crippen molar-refractivity contribution in [2.75, 3.05) is 56.8 Å². The van der Waals surface area contributed by atoms with Crippen LogP contribution in [0.2, 0.25) is 0 Å². The molecule has 0 saturated carbocycles. The van der Waals surface area contributed by atoms with Crippen LogP contribution in [0.4, 0.5) is 34.1 Å². The summed E-state index contributed by atoms with van der Waals surface area (Å²) in [5.41, 5.74) is 21.3. The molecular weight excluding hydrogens is 1080 g/mol. The molecule has 9 N–H and O–H groups in total. The van der Waals surface area contributed by atoms with Crippen molar-refractivity contribution in [1.29, 1.82) is 0 Å². The van der Waals surface area contributed by atoms with Crippen LogP contribution < -0.4 is 61.5 Å². The van der Waals surface area contributed by atoms with Gasteiger partial charge in [0.15, 0.2) is 23.6 Å². The van der Waals surface area contributed by atoms with Gasteiger partial charge in [0.1, 0.15) is 11.9 Å². The standard InChI is InChI=1S/C28H37N7O5S.C27H33N7O5S/c1-16-9-10-18(11-23(16)35-15-22(31-33-35)24-14-29-26(17(2)36)34(24)6)27(37)30-20-12-19(28(3,4)5)13-21(25(20)40-7)32-41(8,38)39;1-16-8-9-17(10-22(16)34-14-21(30-32-34)23-13-28-24(15-35)33(23)5)26(36)29-19-11-18(27(2,3)4)12-20(25(19)39-6)31-40(7,37)38/h9-15,17,31-33,36H,1-8H3,(H,30,37);8-15,30-32H,1-7H3,(H,29,36). The van der Waals surface area contributed by atoms with Gasteiger partial charge in [0.05, 0.1) is 108 Å². The average molecular weight is 1150 g/mol. The van der Waals surface area contributed by atoms with Crippen molar-refractivity contribution in [2.45, 2.75) is 79.2 Å². The molecule has 24 nitrogen and oxygen atoms in total. The highest BCUT2D eigenvalue weighted by molar-refractivity contribution is 7.92. The number of nitrogens with zero attached hydrogens (tertiary/aromatic N) is 6. The van der Waals surface area contributed by atoms with Gasteiger partial charge in [0.2, 0.25) is 20.0 Å². The molecule has 4 aromatic carbocycles. The molecule has 0 radical (unpaired) electrons. The molecule has 1 unspecified atom stereocenters. The number of rotatable bonds is 16. The lowest BCUT2D eigenvalue weighted by atomic mass is 9.86. The van der Waals surface area contributed by atoms with Crippen LogP contribution in [0.15, 0.2) is 85.5 Å². The average Bonchev–Trinajstić information content (AvgIpc) is 4.34. The van der Waals surface area contributed by atoms with E-state index in [-0.39, 0.29) is 33.7 Å². The molecule has 4 heterocycles. The summed E-state index contributed by atoms with van der Waals surface area (Å²) in [5, 5.41) is 19.2. The van der Waals surface area contributed by atoms with Gasteiger partial charge in [-0.2, -0.15) is 0 Å². The Kier molecular flexibility index (Phi) is 17.4. The molecule has 432 valence electrons. The van der Waals surface area contributed by atoms with E-state index < -0.39 is 38.0 Å². The maximum Gasteiger partial charge on any atom is 0.255 e. The van der Waals surface area contributed by atoms with Crippen molar-refractivity contribution in [3.63, 3.8) is 0 Å². The third-order valence-electron chi connectivity index (χ3n) is 13.1. The second-order valence-corrected chi connectivity index (χ2v) is 25.1. The van der Waals surface area contributed by atoms with Gasteiger partial charge in [0, 0.05) is 25.2 Å². The molecule has 2 aliphatic heterocycles. The van der Waals surface area contributed by atoms with E-state index in [0.717, 1.165) is 51.8 Å². The number of methoxy groups -OCH3 is 2. The predicted octanol–water partition coefficient (Wildman–Crippen LogP) is 6.84. The van der Waals surface area contributed by atoms with E-state index in [1.807, 2.05) is 80.8 Å². The van der Waals surface area contributed by atoms with Crippen LogP contribution in [0, 0.1) is 13.8 Å². The quantitative estimate of drug-likeness (QED) is 0.0448. The second kappa shape index (κ2) is 23.3.